The molecule has 0 N–H and O–H groups in total. The fraction of sp³-hybridized carbons (Fsp3) is 0.500. The Labute approximate surface area is 128 Å². The van der Waals surface area contributed by atoms with Gasteiger partial charge in [-0.15, -0.1) is 0 Å². The summed E-state index contributed by atoms with van der Waals surface area (Å²) < 4.78 is 5.11. The largest absolute Gasteiger partial charge is 0.497 e. The Hall–Kier alpha value is -1.77. The minimum atomic E-state index is 0.664. The van der Waals surface area contributed by atoms with Crippen LogP contribution in [0.1, 0.15) is 45.6 Å². The van der Waals surface area contributed by atoms with Crippen molar-refractivity contribution in [2.24, 2.45) is 11.1 Å². The highest BCUT2D eigenvalue weighted by atomic mass is 16.6. The molecule has 0 bridgehead atoms. The molecule has 21 heavy (non-hydrogen) atoms. The molecule has 0 radical (unpaired) electrons. The summed E-state index contributed by atoms with van der Waals surface area (Å²) in [6.07, 6.45) is 7.42. The third-order valence-electron chi connectivity index (χ3n) is 3.31. The van der Waals surface area contributed by atoms with Crippen LogP contribution in [0.2, 0.25) is 0 Å². The van der Waals surface area contributed by atoms with E-state index >= 15 is 0 Å². The molecule has 3 nitrogen and oxygen atoms in total. The smallest absolute Gasteiger partial charge is 0.118 e. The van der Waals surface area contributed by atoms with Crippen LogP contribution in [0.15, 0.2) is 41.1 Å². The number of benzene rings is 1. The van der Waals surface area contributed by atoms with Crippen molar-refractivity contribution in [3.05, 3.63) is 41.5 Å². The van der Waals surface area contributed by atoms with Crippen molar-refractivity contribution in [1.29, 1.82) is 0 Å². The summed E-state index contributed by atoms with van der Waals surface area (Å²) in [7, 11) is 1.66. The standard InChI is InChI=1S/C18H27NO2/c1-15(2)6-5-7-16(3)12-13-21-19-14-17-8-10-18(20-4)11-9-17/h6,8-11,14,16H,5,7,12-13H2,1-4H3/b19-14+. The predicted octanol–water partition coefficient (Wildman–Crippen LogP) is 4.82. The molecule has 0 spiro atoms. The van der Waals surface area contributed by atoms with Crippen LogP contribution in [0.4, 0.5) is 0 Å². The number of hydrogen-bond acceptors (Lipinski definition) is 3. The molecule has 1 rings (SSSR count). The molecule has 116 valence electrons. The van der Waals surface area contributed by atoms with Crippen molar-refractivity contribution >= 4 is 6.21 Å². The summed E-state index contributed by atoms with van der Waals surface area (Å²) in [4.78, 5) is 5.32. The quantitative estimate of drug-likeness (QED) is 0.282. The van der Waals surface area contributed by atoms with Gasteiger partial charge in [0.25, 0.3) is 0 Å². The van der Waals surface area contributed by atoms with Crippen LogP contribution >= 0.6 is 0 Å². The molecular formula is C18H27NO2. The Morgan fingerprint density at radius 1 is 1.19 bits per heavy atom. The summed E-state index contributed by atoms with van der Waals surface area (Å²) in [6.45, 7) is 7.21. The highest BCUT2D eigenvalue weighted by Gasteiger charge is 2.00. The molecule has 0 aliphatic carbocycles. The fourth-order valence-electron chi connectivity index (χ4n) is 1.90. The van der Waals surface area contributed by atoms with E-state index in [9.17, 15) is 0 Å². The highest BCUT2D eigenvalue weighted by molar-refractivity contribution is 5.79. The molecule has 0 aromatic heterocycles. The SMILES string of the molecule is COc1ccc(/C=N/OCCC(C)CCC=C(C)C)cc1. The minimum Gasteiger partial charge on any atom is -0.497 e. The first kappa shape index (κ1) is 17.3. The minimum absolute atomic E-state index is 0.664. The highest BCUT2D eigenvalue weighted by Crippen LogP contribution is 2.12. The molecule has 1 aromatic rings. The van der Waals surface area contributed by atoms with Crippen molar-refractivity contribution in [3.8, 4) is 5.75 Å². The van der Waals surface area contributed by atoms with Gasteiger partial charge in [-0.05, 0) is 68.9 Å². The van der Waals surface area contributed by atoms with Crippen LogP contribution in [0.25, 0.3) is 0 Å². The van der Waals surface area contributed by atoms with Crippen molar-refractivity contribution in [2.45, 2.75) is 40.0 Å². The maximum absolute atomic E-state index is 5.32. The van der Waals surface area contributed by atoms with Gasteiger partial charge in [-0.1, -0.05) is 23.7 Å². The van der Waals surface area contributed by atoms with E-state index in [-0.39, 0.29) is 0 Å². The van der Waals surface area contributed by atoms with Crippen molar-refractivity contribution in [3.63, 3.8) is 0 Å². The number of oxime groups is 1. The van der Waals surface area contributed by atoms with Gasteiger partial charge in [0.15, 0.2) is 0 Å². The summed E-state index contributed by atoms with van der Waals surface area (Å²) in [5, 5.41) is 4.00. The van der Waals surface area contributed by atoms with Gasteiger partial charge in [0.05, 0.1) is 13.3 Å². The normalized spacial score (nSPS) is 12.2. The van der Waals surface area contributed by atoms with E-state index in [1.54, 1.807) is 13.3 Å². The molecule has 3 heteroatoms. The molecule has 0 aliphatic rings. The van der Waals surface area contributed by atoms with E-state index in [2.05, 4.69) is 32.0 Å². The number of hydrogen-bond donors (Lipinski definition) is 0. The van der Waals surface area contributed by atoms with Crippen molar-refractivity contribution < 1.29 is 9.57 Å². The van der Waals surface area contributed by atoms with E-state index in [1.165, 1.54) is 12.0 Å². The first-order valence-electron chi connectivity index (χ1n) is 7.54. The molecule has 1 atom stereocenters. The Morgan fingerprint density at radius 3 is 2.52 bits per heavy atom. The maximum Gasteiger partial charge on any atom is 0.118 e. The topological polar surface area (TPSA) is 30.8 Å². The van der Waals surface area contributed by atoms with Gasteiger partial charge in [-0.2, -0.15) is 0 Å². The molecule has 0 fully saturated rings. The number of allylic oxidation sites excluding steroid dienone is 2. The van der Waals surface area contributed by atoms with Crippen molar-refractivity contribution in [2.75, 3.05) is 13.7 Å². The molecule has 0 amide bonds. The van der Waals surface area contributed by atoms with Crippen LogP contribution in [-0.4, -0.2) is 19.9 Å². The van der Waals surface area contributed by atoms with Crippen LogP contribution in [0, 0.1) is 5.92 Å². The third kappa shape index (κ3) is 8.18. The molecule has 0 saturated carbocycles. The van der Waals surface area contributed by atoms with Gasteiger partial charge in [0.1, 0.15) is 12.4 Å². The fourth-order valence-corrected chi connectivity index (χ4v) is 1.90. The van der Waals surface area contributed by atoms with E-state index < -0.39 is 0 Å². The summed E-state index contributed by atoms with van der Waals surface area (Å²) >= 11 is 0. The predicted molar refractivity (Wildman–Crippen MR) is 89.0 cm³/mol. The summed E-state index contributed by atoms with van der Waals surface area (Å²) in [6, 6.07) is 7.72. The van der Waals surface area contributed by atoms with Crippen LogP contribution in [0.3, 0.4) is 0 Å². The molecule has 0 heterocycles. The third-order valence-corrected chi connectivity index (χ3v) is 3.31. The van der Waals surface area contributed by atoms with Gasteiger partial charge >= 0.3 is 0 Å². The van der Waals surface area contributed by atoms with E-state index in [0.717, 1.165) is 24.2 Å². The van der Waals surface area contributed by atoms with Crippen molar-refractivity contribution in [1.82, 2.24) is 0 Å². The number of methoxy groups -OCH3 is 1. The first-order chi connectivity index (χ1) is 10.1. The van der Waals surface area contributed by atoms with E-state index in [4.69, 9.17) is 9.57 Å². The lowest BCUT2D eigenvalue weighted by Gasteiger charge is -2.08. The van der Waals surface area contributed by atoms with Crippen LogP contribution < -0.4 is 4.74 Å². The van der Waals surface area contributed by atoms with Gasteiger partial charge in [0.2, 0.25) is 0 Å². The number of ether oxygens (including phenoxy) is 1. The molecule has 0 aliphatic heterocycles. The lowest BCUT2D eigenvalue weighted by atomic mass is 10.0. The van der Waals surface area contributed by atoms with Gasteiger partial charge in [-0.3, -0.25) is 0 Å². The monoisotopic (exact) mass is 289 g/mol. The molecule has 0 saturated heterocycles. The molecule has 1 unspecified atom stereocenters. The Balaban J connectivity index is 2.17. The zero-order valence-corrected chi connectivity index (χ0v) is 13.6. The number of rotatable bonds is 9. The lowest BCUT2D eigenvalue weighted by Crippen LogP contribution is -1.99. The lowest BCUT2D eigenvalue weighted by molar-refractivity contribution is 0.131. The van der Waals surface area contributed by atoms with Crippen LogP contribution in [-0.2, 0) is 4.84 Å². The first-order valence-corrected chi connectivity index (χ1v) is 7.54. The average molecular weight is 289 g/mol. The van der Waals surface area contributed by atoms with E-state index in [0.29, 0.717) is 12.5 Å². The molecular weight excluding hydrogens is 262 g/mol. The Morgan fingerprint density at radius 2 is 1.90 bits per heavy atom. The molecule has 1 aromatic carbocycles. The van der Waals surface area contributed by atoms with E-state index in [1.807, 2.05) is 24.3 Å². The second kappa shape index (κ2) is 10.0. The Kier molecular flexibility index (Phi) is 8.25. The van der Waals surface area contributed by atoms with Crippen LogP contribution in [0.5, 0.6) is 5.75 Å². The summed E-state index contributed by atoms with van der Waals surface area (Å²) in [5.41, 5.74) is 2.40. The maximum atomic E-state index is 5.32. The van der Waals surface area contributed by atoms with Gasteiger partial charge < -0.3 is 9.57 Å². The average Bonchev–Trinajstić information content (AvgIpc) is 2.47. The van der Waals surface area contributed by atoms with Gasteiger partial charge in [-0.25, -0.2) is 0 Å². The van der Waals surface area contributed by atoms with Gasteiger partial charge in [0, 0.05) is 0 Å². The second-order valence-corrected chi connectivity index (χ2v) is 5.59. The second-order valence-electron chi connectivity index (χ2n) is 5.59. The number of nitrogens with zero attached hydrogens (tertiary/aromatic N) is 1. The summed E-state index contributed by atoms with van der Waals surface area (Å²) in [5.74, 6) is 1.51. The zero-order valence-electron chi connectivity index (χ0n) is 13.6. The Bertz CT molecular complexity index is 445. The zero-order chi connectivity index (χ0) is 15.5.